The lowest BCUT2D eigenvalue weighted by molar-refractivity contribution is -0.137. The average Bonchev–Trinajstić information content (AvgIpc) is 3.27. The fraction of sp³-hybridized carbons (Fsp3) is 0.588. The molecule has 2 aliphatic heterocycles. The Morgan fingerprint density at radius 1 is 1.14 bits per heavy atom. The number of amides is 2. The van der Waals surface area contributed by atoms with Crippen LogP contribution in [0.15, 0.2) is 24.5 Å². The number of aromatic nitrogens is 1. The molecule has 0 unspecified atom stereocenters. The molecule has 22 heavy (non-hydrogen) atoms. The molecule has 3 fully saturated rings. The molecule has 0 aromatic carbocycles. The first kappa shape index (κ1) is 13.7. The Morgan fingerprint density at radius 3 is 2.64 bits per heavy atom. The molecule has 1 aromatic rings. The molecule has 116 valence electrons. The third-order valence-electron chi connectivity index (χ3n) is 5.22. The van der Waals surface area contributed by atoms with Crippen molar-refractivity contribution in [3.8, 4) is 0 Å². The number of likely N-dealkylation sites (tertiary alicyclic amines) is 2. The third kappa shape index (κ3) is 2.38. The van der Waals surface area contributed by atoms with Crippen LogP contribution in [0.25, 0.3) is 0 Å². The standard InChI is InChI=1S/C17H21N3O2/c21-16-4-3-14-15(20(16)11-12-1-2-12)7-10-19(14)17(22)13-5-8-18-9-6-13/h5-6,8-9,12,14-15H,1-4,7,10-11H2/t14-,15-/m0/s1. The van der Waals surface area contributed by atoms with Gasteiger partial charge < -0.3 is 9.80 Å². The molecule has 1 aliphatic carbocycles. The largest absolute Gasteiger partial charge is 0.337 e. The van der Waals surface area contributed by atoms with Crippen LogP contribution in [0.2, 0.25) is 0 Å². The quantitative estimate of drug-likeness (QED) is 0.853. The highest BCUT2D eigenvalue weighted by Gasteiger charge is 2.46. The summed E-state index contributed by atoms with van der Waals surface area (Å²) in [5.41, 5.74) is 0.696. The van der Waals surface area contributed by atoms with Gasteiger partial charge in [0.1, 0.15) is 0 Å². The van der Waals surface area contributed by atoms with Crippen molar-refractivity contribution in [1.29, 1.82) is 0 Å². The minimum atomic E-state index is 0.0793. The molecule has 0 radical (unpaired) electrons. The Balaban J connectivity index is 1.52. The van der Waals surface area contributed by atoms with Crippen LogP contribution >= 0.6 is 0 Å². The molecule has 5 nitrogen and oxygen atoms in total. The molecule has 0 N–H and O–H groups in total. The Bertz CT molecular complexity index is 585. The van der Waals surface area contributed by atoms with Crippen LogP contribution in [-0.4, -0.2) is 51.8 Å². The van der Waals surface area contributed by atoms with E-state index in [1.54, 1.807) is 24.5 Å². The maximum atomic E-state index is 12.7. The maximum Gasteiger partial charge on any atom is 0.254 e. The summed E-state index contributed by atoms with van der Waals surface area (Å²) >= 11 is 0. The van der Waals surface area contributed by atoms with Gasteiger partial charge in [0.15, 0.2) is 0 Å². The highest BCUT2D eigenvalue weighted by molar-refractivity contribution is 5.94. The van der Waals surface area contributed by atoms with Crippen LogP contribution in [0.5, 0.6) is 0 Å². The zero-order chi connectivity index (χ0) is 15.1. The summed E-state index contributed by atoms with van der Waals surface area (Å²) in [6.07, 6.45) is 8.12. The fourth-order valence-electron chi connectivity index (χ4n) is 3.88. The predicted molar refractivity (Wildman–Crippen MR) is 81.1 cm³/mol. The van der Waals surface area contributed by atoms with E-state index in [0.717, 1.165) is 25.9 Å². The summed E-state index contributed by atoms with van der Waals surface area (Å²) in [6.45, 7) is 1.65. The van der Waals surface area contributed by atoms with Gasteiger partial charge in [0.05, 0.1) is 12.1 Å². The second-order valence-corrected chi connectivity index (χ2v) is 6.69. The summed E-state index contributed by atoms with van der Waals surface area (Å²) in [6, 6.07) is 3.96. The first-order chi connectivity index (χ1) is 10.7. The van der Waals surface area contributed by atoms with Gasteiger partial charge in [0, 0.05) is 37.5 Å². The molecular formula is C17H21N3O2. The van der Waals surface area contributed by atoms with Crippen molar-refractivity contribution in [3.05, 3.63) is 30.1 Å². The van der Waals surface area contributed by atoms with Gasteiger partial charge in [-0.3, -0.25) is 14.6 Å². The van der Waals surface area contributed by atoms with E-state index < -0.39 is 0 Å². The highest BCUT2D eigenvalue weighted by atomic mass is 16.2. The summed E-state index contributed by atoms with van der Waals surface area (Å²) in [4.78, 5) is 33.0. The molecule has 2 amide bonds. The summed E-state index contributed by atoms with van der Waals surface area (Å²) in [7, 11) is 0. The molecule has 0 spiro atoms. The number of pyridine rings is 1. The second-order valence-electron chi connectivity index (χ2n) is 6.69. The van der Waals surface area contributed by atoms with Crippen molar-refractivity contribution in [3.63, 3.8) is 0 Å². The van der Waals surface area contributed by atoms with E-state index in [4.69, 9.17) is 0 Å². The summed E-state index contributed by atoms with van der Waals surface area (Å²) in [5.74, 6) is 1.06. The molecule has 5 heteroatoms. The molecule has 2 saturated heterocycles. The molecule has 3 aliphatic rings. The van der Waals surface area contributed by atoms with E-state index in [1.165, 1.54) is 12.8 Å². The lowest BCUT2D eigenvalue weighted by Crippen LogP contribution is -2.53. The van der Waals surface area contributed by atoms with E-state index >= 15 is 0 Å². The monoisotopic (exact) mass is 299 g/mol. The molecule has 2 atom stereocenters. The SMILES string of the molecule is O=C1CC[C@H]2[C@H](CCN2C(=O)c2ccncc2)N1CC1CC1. The van der Waals surface area contributed by atoms with Gasteiger partial charge in [-0.2, -0.15) is 0 Å². The number of rotatable bonds is 3. The van der Waals surface area contributed by atoms with Gasteiger partial charge in [-0.25, -0.2) is 0 Å². The number of piperidine rings is 1. The Morgan fingerprint density at radius 2 is 1.91 bits per heavy atom. The number of nitrogens with zero attached hydrogens (tertiary/aromatic N) is 3. The number of carbonyl (C=O) groups is 2. The highest BCUT2D eigenvalue weighted by Crippen LogP contribution is 2.36. The lowest BCUT2D eigenvalue weighted by Gasteiger charge is -2.40. The van der Waals surface area contributed by atoms with Gasteiger partial charge >= 0.3 is 0 Å². The van der Waals surface area contributed by atoms with E-state index in [1.807, 2.05) is 4.90 Å². The van der Waals surface area contributed by atoms with Gasteiger partial charge in [0.25, 0.3) is 5.91 Å². The second kappa shape index (κ2) is 5.38. The molecule has 0 bridgehead atoms. The first-order valence-corrected chi connectivity index (χ1v) is 8.24. The molecule has 1 aromatic heterocycles. The Kier molecular flexibility index (Phi) is 3.36. The van der Waals surface area contributed by atoms with Crippen molar-refractivity contribution in [2.75, 3.05) is 13.1 Å². The summed E-state index contributed by atoms with van der Waals surface area (Å²) in [5, 5.41) is 0. The van der Waals surface area contributed by atoms with Crippen LogP contribution in [-0.2, 0) is 4.79 Å². The van der Waals surface area contributed by atoms with E-state index in [-0.39, 0.29) is 23.9 Å². The van der Waals surface area contributed by atoms with Crippen LogP contribution in [0.1, 0.15) is 42.5 Å². The van der Waals surface area contributed by atoms with Gasteiger partial charge in [0.2, 0.25) is 5.91 Å². The van der Waals surface area contributed by atoms with E-state index in [9.17, 15) is 9.59 Å². The van der Waals surface area contributed by atoms with E-state index in [2.05, 4.69) is 9.88 Å². The van der Waals surface area contributed by atoms with Crippen LogP contribution < -0.4 is 0 Å². The minimum Gasteiger partial charge on any atom is -0.337 e. The molecule has 3 heterocycles. The maximum absolute atomic E-state index is 12.7. The zero-order valence-corrected chi connectivity index (χ0v) is 12.6. The molecular weight excluding hydrogens is 278 g/mol. The lowest BCUT2D eigenvalue weighted by atomic mass is 9.95. The molecule has 1 saturated carbocycles. The number of hydrogen-bond acceptors (Lipinski definition) is 3. The van der Waals surface area contributed by atoms with Crippen molar-refractivity contribution >= 4 is 11.8 Å². The molecule has 4 rings (SSSR count). The summed E-state index contributed by atoms with van der Waals surface area (Å²) < 4.78 is 0. The fourth-order valence-corrected chi connectivity index (χ4v) is 3.88. The average molecular weight is 299 g/mol. The first-order valence-electron chi connectivity index (χ1n) is 8.24. The third-order valence-corrected chi connectivity index (χ3v) is 5.22. The van der Waals surface area contributed by atoms with Crippen molar-refractivity contribution in [2.24, 2.45) is 5.92 Å². The van der Waals surface area contributed by atoms with Crippen molar-refractivity contribution in [2.45, 2.75) is 44.2 Å². The van der Waals surface area contributed by atoms with Crippen LogP contribution in [0.3, 0.4) is 0 Å². The Labute approximate surface area is 130 Å². The number of hydrogen-bond donors (Lipinski definition) is 0. The van der Waals surface area contributed by atoms with Gasteiger partial charge in [-0.15, -0.1) is 0 Å². The number of fused-ring (bicyclic) bond motifs is 1. The topological polar surface area (TPSA) is 53.5 Å². The van der Waals surface area contributed by atoms with Gasteiger partial charge in [-0.05, 0) is 43.7 Å². The minimum absolute atomic E-state index is 0.0793. The van der Waals surface area contributed by atoms with Gasteiger partial charge in [-0.1, -0.05) is 0 Å². The van der Waals surface area contributed by atoms with Crippen molar-refractivity contribution < 1.29 is 9.59 Å². The predicted octanol–water partition coefficient (Wildman–Crippen LogP) is 1.70. The Hall–Kier alpha value is -1.91. The van der Waals surface area contributed by atoms with Crippen LogP contribution in [0.4, 0.5) is 0 Å². The van der Waals surface area contributed by atoms with Crippen LogP contribution in [0, 0.1) is 5.92 Å². The van der Waals surface area contributed by atoms with Crippen molar-refractivity contribution in [1.82, 2.24) is 14.8 Å². The normalized spacial score (nSPS) is 27.9. The van der Waals surface area contributed by atoms with E-state index in [0.29, 0.717) is 17.9 Å². The zero-order valence-electron chi connectivity index (χ0n) is 12.6. The smallest absolute Gasteiger partial charge is 0.254 e. The number of carbonyl (C=O) groups excluding carboxylic acids is 2.